The van der Waals surface area contributed by atoms with Gasteiger partial charge in [-0.2, -0.15) is 5.26 Å². The lowest BCUT2D eigenvalue weighted by molar-refractivity contribution is -0.129. The minimum atomic E-state index is -0.0469. The minimum absolute atomic E-state index is 0.0469. The maximum atomic E-state index is 11.7. The fourth-order valence-corrected chi connectivity index (χ4v) is 1.97. The number of nitrogens with one attached hydrogen (secondary N) is 1. The summed E-state index contributed by atoms with van der Waals surface area (Å²) in [6.07, 6.45) is 0. The number of nitriles is 1. The van der Waals surface area contributed by atoms with Gasteiger partial charge in [-0.15, -0.1) is 0 Å². The Hall–Kier alpha value is -2.13. The van der Waals surface area contributed by atoms with Crippen LogP contribution in [0.1, 0.15) is 5.56 Å². The van der Waals surface area contributed by atoms with Gasteiger partial charge in [0.15, 0.2) is 4.77 Å². The fraction of sp³-hybridized carbons (Fsp3) is 0.250. The van der Waals surface area contributed by atoms with Crippen molar-refractivity contribution in [3.63, 3.8) is 0 Å². The highest BCUT2D eigenvalue weighted by molar-refractivity contribution is 7.71. The first-order valence-electron chi connectivity index (χ1n) is 5.36. The van der Waals surface area contributed by atoms with E-state index in [0.717, 1.165) is 5.52 Å². The number of nitrogens with zero attached hydrogens (tertiary/aromatic N) is 3. The second-order valence-corrected chi connectivity index (χ2v) is 4.50. The van der Waals surface area contributed by atoms with E-state index >= 15 is 0 Å². The van der Waals surface area contributed by atoms with Crippen molar-refractivity contribution in [2.24, 2.45) is 0 Å². The van der Waals surface area contributed by atoms with Crippen molar-refractivity contribution < 1.29 is 4.79 Å². The van der Waals surface area contributed by atoms with Crippen molar-refractivity contribution in [1.82, 2.24) is 14.5 Å². The predicted molar refractivity (Wildman–Crippen MR) is 70.5 cm³/mol. The molecule has 1 heterocycles. The summed E-state index contributed by atoms with van der Waals surface area (Å²) in [6.45, 7) is 0.167. The molecule has 1 aromatic carbocycles. The fourth-order valence-electron chi connectivity index (χ4n) is 1.71. The zero-order chi connectivity index (χ0) is 13.3. The lowest BCUT2D eigenvalue weighted by Gasteiger charge is -2.11. The topological polar surface area (TPSA) is 64.8 Å². The smallest absolute Gasteiger partial charge is 0.242 e. The van der Waals surface area contributed by atoms with Crippen LogP contribution in [0.5, 0.6) is 0 Å². The van der Waals surface area contributed by atoms with E-state index in [9.17, 15) is 4.79 Å². The van der Waals surface area contributed by atoms with Gasteiger partial charge in [-0.1, -0.05) is 6.07 Å². The number of benzene rings is 1. The number of aromatic nitrogens is 2. The molecule has 18 heavy (non-hydrogen) atoms. The van der Waals surface area contributed by atoms with Gasteiger partial charge in [0.2, 0.25) is 5.91 Å². The van der Waals surface area contributed by atoms with Crippen LogP contribution in [0.4, 0.5) is 0 Å². The summed E-state index contributed by atoms with van der Waals surface area (Å²) in [6, 6.07) is 7.43. The maximum absolute atomic E-state index is 11.7. The van der Waals surface area contributed by atoms with Crippen LogP contribution in [-0.2, 0) is 11.3 Å². The molecule has 0 aliphatic rings. The van der Waals surface area contributed by atoms with E-state index in [2.05, 4.69) is 11.1 Å². The molecule has 1 aromatic heterocycles. The summed E-state index contributed by atoms with van der Waals surface area (Å²) in [7, 11) is 3.39. The number of imidazole rings is 1. The standard InChI is InChI=1S/C12H12N4OS/c1-15(2)10(17)7-16-9-5-3-4-8(6-13)11(9)14-12(16)18/h3-5H,7H2,1-2H3,(H,14,18). The molecule has 2 rings (SSSR count). The third-order valence-electron chi connectivity index (χ3n) is 2.72. The predicted octanol–water partition coefficient (Wildman–Crippen LogP) is 1.66. The van der Waals surface area contributed by atoms with Gasteiger partial charge in [-0.25, -0.2) is 0 Å². The molecule has 0 fully saturated rings. The first-order valence-corrected chi connectivity index (χ1v) is 5.77. The Morgan fingerprint density at radius 1 is 1.56 bits per heavy atom. The number of fused-ring (bicyclic) bond motifs is 1. The first-order chi connectivity index (χ1) is 8.54. The molecular formula is C12H12N4OS. The van der Waals surface area contributed by atoms with Gasteiger partial charge in [0.1, 0.15) is 12.6 Å². The van der Waals surface area contributed by atoms with E-state index in [0.29, 0.717) is 15.9 Å². The Bertz CT molecular complexity index is 705. The summed E-state index contributed by atoms with van der Waals surface area (Å²) < 4.78 is 2.15. The summed E-state index contributed by atoms with van der Waals surface area (Å²) in [5.41, 5.74) is 1.97. The van der Waals surface area contributed by atoms with Gasteiger partial charge < -0.3 is 14.5 Å². The van der Waals surface area contributed by atoms with E-state index in [1.54, 1.807) is 30.8 Å². The minimum Gasteiger partial charge on any atom is -0.347 e. The Kier molecular flexibility index (Phi) is 3.17. The second-order valence-electron chi connectivity index (χ2n) is 4.12. The number of H-pyrrole nitrogens is 1. The van der Waals surface area contributed by atoms with E-state index in [1.807, 2.05) is 6.07 Å². The number of rotatable bonds is 2. The van der Waals surface area contributed by atoms with E-state index < -0.39 is 0 Å². The third kappa shape index (κ3) is 2.00. The van der Waals surface area contributed by atoms with E-state index in [1.165, 1.54) is 4.90 Å². The molecule has 1 amide bonds. The summed E-state index contributed by atoms with van der Waals surface area (Å²) in [4.78, 5) is 16.2. The molecule has 0 radical (unpaired) electrons. The molecule has 0 aliphatic heterocycles. The van der Waals surface area contributed by atoms with Crippen LogP contribution in [0.3, 0.4) is 0 Å². The van der Waals surface area contributed by atoms with Crippen LogP contribution in [0, 0.1) is 16.1 Å². The van der Waals surface area contributed by atoms with Gasteiger partial charge in [-0.05, 0) is 24.4 Å². The molecule has 5 nitrogen and oxygen atoms in total. The normalized spacial score (nSPS) is 10.3. The largest absolute Gasteiger partial charge is 0.347 e. The second kappa shape index (κ2) is 4.63. The Balaban J connectivity index is 2.59. The van der Waals surface area contributed by atoms with Gasteiger partial charge in [0, 0.05) is 14.1 Å². The number of para-hydroxylation sites is 1. The molecule has 0 aliphatic carbocycles. The zero-order valence-corrected chi connectivity index (χ0v) is 10.9. The quantitative estimate of drug-likeness (QED) is 0.835. The average molecular weight is 260 g/mol. The number of hydrogen-bond acceptors (Lipinski definition) is 3. The van der Waals surface area contributed by atoms with Crippen molar-refractivity contribution in [2.45, 2.75) is 6.54 Å². The number of likely N-dealkylation sites (N-methyl/N-ethyl adjacent to an activating group) is 1. The highest BCUT2D eigenvalue weighted by Gasteiger charge is 2.12. The van der Waals surface area contributed by atoms with Crippen molar-refractivity contribution in [3.05, 3.63) is 28.5 Å². The number of carbonyl (C=O) groups excluding carboxylic acids is 1. The van der Waals surface area contributed by atoms with Crippen LogP contribution in [-0.4, -0.2) is 34.5 Å². The summed E-state index contributed by atoms with van der Waals surface area (Å²) >= 11 is 5.19. The van der Waals surface area contributed by atoms with Crippen LogP contribution in [0.15, 0.2) is 18.2 Å². The molecule has 0 unspecified atom stereocenters. The lowest BCUT2D eigenvalue weighted by atomic mass is 10.2. The molecular weight excluding hydrogens is 248 g/mol. The first kappa shape index (κ1) is 12.3. The molecule has 0 saturated heterocycles. The molecule has 0 spiro atoms. The van der Waals surface area contributed by atoms with Gasteiger partial charge in [-0.3, -0.25) is 4.79 Å². The van der Waals surface area contributed by atoms with Gasteiger partial charge in [0.25, 0.3) is 0 Å². The highest BCUT2D eigenvalue weighted by atomic mass is 32.1. The van der Waals surface area contributed by atoms with Crippen molar-refractivity contribution in [1.29, 1.82) is 5.26 Å². The molecule has 0 saturated carbocycles. The van der Waals surface area contributed by atoms with E-state index in [-0.39, 0.29) is 12.5 Å². The zero-order valence-electron chi connectivity index (χ0n) is 10.1. The Labute approximate surface area is 109 Å². The molecule has 92 valence electrons. The Morgan fingerprint density at radius 2 is 2.28 bits per heavy atom. The molecule has 2 aromatic rings. The van der Waals surface area contributed by atoms with Crippen molar-refractivity contribution >= 4 is 29.2 Å². The van der Waals surface area contributed by atoms with E-state index in [4.69, 9.17) is 17.5 Å². The van der Waals surface area contributed by atoms with Crippen LogP contribution in [0.25, 0.3) is 11.0 Å². The highest BCUT2D eigenvalue weighted by Crippen LogP contribution is 2.18. The summed E-state index contributed by atoms with van der Waals surface area (Å²) in [5, 5.41) is 9.02. The van der Waals surface area contributed by atoms with Gasteiger partial charge in [0.05, 0.1) is 16.6 Å². The SMILES string of the molecule is CN(C)C(=O)Cn1c(=S)[nH]c2c(C#N)cccc21. The van der Waals surface area contributed by atoms with Crippen LogP contribution in [0.2, 0.25) is 0 Å². The van der Waals surface area contributed by atoms with Crippen LogP contribution >= 0.6 is 12.2 Å². The van der Waals surface area contributed by atoms with Crippen molar-refractivity contribution in [2.75, 3.05) is 14.1 Å². The average Bonchev–Trinajstić information content (AvgIpc) is 2.65. The van der Waals surface area contributed by atoms with Crippen molar-refractivity contribution in [3.8, 4) is 6.07 Å². The number of aromatic amines is 1. The molecule has 1 N–H and O–H groups in total. The molecule has 0 atom stereocenters. The third-order valence-corrected chi connectivity index (χ3v) is 3.05. The lowest BCUT2D eigenvalue weighted by Crippen LogP contribution is -2.26. The monoisotopic (exact) mass is 260 g/mol. The summed E-state index contributed by atoms with van der Waals surface area (Å²) in [5.74, 6) is -0.0469. The Morgan fingerprint density at radius 3 is 2.89 bits per heavy atom. The number of amides is 1. The number of carbonyl (C=O) groups is 1. The van der Waals surface area contributed by atoms with Gasteiger partial charge >= 0.3 is 0 Å². The molecule has 0 bridgehead atoms. The van der Waals surface area contributed by atoms with Crippen LogP contribution < -0.4 is 0 Å². The molecule has 6 heteroatoms. The maximum Gasteiger partial charge on any atom is 0.242 e. The number of hydrogen-bond donors (Lipinski definition) is 1.